The number of carbonyl (C=O) groups excluding carboxylic acids is 2. The molecule has 5 N–H and O–H groups in total. The lowest BCUT2D eigenvalue weighted by Crippen LogP contribution is -2.57. The molecule has 0 aromatic heterocycles. The van der Waals surface area contributed by atoms with Crippen LogP contribution in [0.3, 0.4) is 0 Å². The van der Waals surface area contributed by atoms with Crippen LogP contribution in [0.5, 0.6) is 0 Å². The standard InChI is InChI=1S/C28H37N5O4S/c1-2-38(36,37)32-23(16-19-8-4-3-5-9-19)28(35)33-24-11-7-6-10-22(24)17-25(33)27(34)31-18-20-12-14-21(15-13-20)26(29)30/h3-5,8-9,12-15,22-25,32H,2,6-7,10-11,16-18H2,1H3,(H3,29,30)(H,31,34)/t22-,23-,24+,25+/m1/s1. The van der Waals surface area contributed by atoms with Gasteiger partial charge in [0, 0.05) is 18.2 Å². The number of sulfonamides is 1. The van der Waals surface area contributed by atoms with Gasteiger partial charge in [0.15, 0.2) is 0 Å². The van der Waals surface area contributed by atoms with E-state index in [2.05, 4.69) is 10.0 Å². The van der Waals surface area contributed by atoms with Crippen molar-refractivity contribution in [1.29, 1.82) is 5.41 Å². The molecular weight excluding hydrogens is 502 g/mol. The SMILES string of the molecule is CCS(=O)(=O)N[C@H](Cc1ccccc1)C(=O)N1[C@H](C(=O)NCc2ccc(C(=N)N)cc2)C[C@H]2CCCC[C@@H]21. The van der Waals surface area contributed by atoms with Crippen molar-refractivity contribution in [2.75, 3.05) is 5.75 Å². The molecule has 1 aliphatic heterocycles. The van der Waals surface area contributed by atoms with Gasteiger partial charge in [-0.05, 0) is 49.7 Å². The Morgan fingerprint density at radius 1 is 1.05 bits per heavy atom. The largest absolute Gasteiger partial charge is 0.384 e. The molecule has 4 rings (SSSR count). The Labute approximate surface area is 224 Å². The first-order chi connectivity index (χ1) is 18.2. The van der Waals surface area contributed by atoms with E-state index in [9.17, 15) is 18.0 Å². The molecule has 10 heteroatoms. The molecule has 1 saturated heterocycles. The summed E-state index contributed by atoms with van der Waals surface area (Å²) in [6.45, 7) is 1.82. The molecule has 38 heavy (non-hydrogen) atoms. The maximum atomic E-state index is 14.1. The number of hydrogen-bond acceptors (Lipinski definition) is 5. The van der Waals surface area contributed by atoms with Gasteiger partial charge < -0.3 is 16.0 Å². The zero-order chi connectivity index (χ0) is 27.3. The molecule has 0 unspecified atom stereocenters. The predicted molar refractivity (Wildman–Crippen MR) is 147 cm³/mol. The number of fused-ring (bicyclic) bond motifs is 1. The molecule has 4 atom stereocenters. The quantitative estimate of drug-likeness (QED) is 0.270. The van der Waals surface area contributed by atoms with E-state index >= 15 is 0 Å². The Bertz CT molecular complexity index is 1250. The topological polar surface area (TPSA) is 145 Å². The van der Waals surface area contributed by atoms with Crippen LogP contribution in [0.2, 0.25) is 0 Å². The van der Waals surface area contributed by atoms with E-state index in [0.717, 1.165) is 36.8 Å². The fourth-order valence-electron chi connectivity index (χ4n) is 5.63. The molecule has 1 saturated carbocycles. The van der Waals surface area contributed by atoms with E-state index in [-0.39, 0.29) is 48.3 Å². The summed E-state index contributed by atoms with van der Waals surface area (Å²) < 4.78 is 27.7. The first kappa shape index (κ1) is 27.8. The number of hydrogen-bond donors (Lipinski definition) is 4. The lowest BCUT2D eigenvalue weighted by atomic mass is 9.84. The Hall–Kier alpha value is -3.24. The van der Waals surface area contributed by atoms with Crippen molar-refractivity contribution in [2.24, 2.45) is 11.7 Å². The van der Waals surface area contributed by atoms with Crippen LogP contribution < -0.4 is 15.8 Å². The van der Waals surface area contributed by atoms with Gasteiger partial charge in [0.05, 0.1) is 5.75 Å². The molecule has 2 aromatic rings. The van der Waals surface area contributed by atoms with Crippen molar-refractivity contribution in [3.05, 3.63) is 71.3 Å². The number of carbonyl (C=O) groups is 2. The van der Waals surface area contributed by atoms with E-state index in [1.165, 1.54) is 0 Å². The summed E-state index contributed by atoms with van der Waals surface area (Å²) in [5.74, 6) is -0.513. The van der Waals surface area contributed by atoms with Gasteiger partial charge in [0.2, 0.25) is 21.8 Å². The molecule has 204 valence electrons. The van der Waals surface area contributed by atoms with Crippen molar-refractivity contribution in [2.45, 2.75) is 70.1 Å². The van der Waals surface area contributed by atoms with Crippen molar-refractivity contribution < 1.29 is 18.0 Å². The van der Waals surface area contributed by atoms with Crippen molar-refractivity contribution >= 4 is 27.7 Å². The summed E-state index contributed by atoms with van der Waals surface area (Å²) >= 11 is 0. The third kappa shape index (κ3) is 6.60. The highest BCUT2D eigenvalue weighted by atomic mass is 32.2. The molecule has 9 nitrogen and oxygen atoms in total. The number of amides is 2. The number of nitrogen functional groups attached to an aromatic ring is 1. The summed E-state index contributed by atoms with van der Waals surface area (Å²) in [6, 6.07) is 14.7. The van der Waals surface area contributed by atoms with E-state index < -0.39 is 22.1 Å². The number of nitrogens with one attached hydrogen (secondary N) is 3. The van der Waals surface area contributed by atoms with Crippen molar-refractivity contribution in [1.82, 2.24) is 14.9 Å². The number of nitrogens with zero attached hydrogens (tertiary/aromatic N) is 1. The molecule has 2 fully saturated rings. The number of likely N-dealkylation sites (tertiary alicyclic amines) is 1. The zero-order valence-corrected chi connectivity index (χ0v) is 22.5. The fraction of sp³-hybridized carbons (Fsp3) is 0.464. The number of amidine groups is 1. The van der Waals surface area contributed by atoms with Gasteiger partial charge in [-0.25, -0.2) is 13.1 Å². The maximum absolute atomic E-state index is 14.1. The first-order valence-electron chi connectivity index (χ1n) is 13.3. The van der Waals surface area contributed by atoms with Gasteiger partial charge >= 0.3 is 0 Å². The van der Waals surface area contributed by atoms with Gasteiger partial charge in [-0.3, -0.25) is 15.0 Å². The predicted octanol–water partition coefficient (Wildman–Crippen LogP) is 2.30. The monoisotopic (exact) mass is 539 g/mol. The smallest absolute Gasteiger partial charge is 0.243 e. The van der Waals surface area contributed by atoms with E-state index in [1.54, 1.807) is 24.0 Å². The average Bonchev–Trinajstić information content (AvgIpc) is 3.31. The zero-order valence-electron chi connectivity index (χ0n) is 21.7. The molecule has 0 bridgehead atoms. The van der Waals surface area contributed by atoms with Gasteiger partial charge in [0.25, 0.3) is 0 Å². The second-order valence-electron chi connectivity index (χ2n) is 10.2. The Morgan fingerprint density at radius 3 is 2.39 bits per heavy atom. The van der Waals surface area contributed by atoms with Crippen LogP contribution >= 0.6 is 0 Å². The molecule has 1 heterocycles. The van der Waals surface area contributed by atoms with Crippen LogP contribution in [0.25, 0.3) is 0 Å². The second kappa shape index (κ2) is 12.1. The summed E-state index contributed by atoms with van der Waals surface area (Å²) in [5.41, 5.74) is 7.83. The highest BCUT2D eigenvalue weighted by Gasteiger charge is 2.49. The highest BCUT2D eigenvalue weighted by Crippen LogP contribution is 2.40. The molecule has 1 aliphatic carbocycles. The molecule has 0 spiro atoms. The summed E-state index contributed by atoms with van der Waals surface area (Å²) in [4.78, 5) is 29.2. The normalized spacial score (nSPS) is 21.9. The third-order valence-corrected chi connectivity index (χ3v) is 9.06. The van der Waals surface area contributed by atoms with Crippen LogP contribution in [-0.2, 0) is 32.6 Å². The van der Waals surface area contributed by atoms with Crippen LogP contribution in [0.15, 0.2) is 54.6 Å². The fourth-order valence-corrected chi connectivity index (χ4v) is 6.41. The summed E-state index contributed by atoms with van der Waals surface area (Å²) in [5, 5.41) is 10.5. The lowest BCUT2D eigenvalue weighted by Gasteiger charge is -2.36. The number of benzene rings is 2. The first-order valence-corrected chi connectivity index (χ1v) is 14.9. The maximum Gasteiger partial charge on any atom is 0.243 e. The van der Waals surface area contributed by atoms with Crippen LogP contribution in [-0.4, -0.2) is 54.8 Å². The van der Waals surface area contributed by atoms with Gasteiger partial charge in [0.1, 0.15) is 17.9 Å². The lowest BCUT2D eigenvalue weighted by molar-refractivity contribution is -0.142. The van der Waals surface area contributed by atoms with Gasteiger partial charge in [-0.1, -0.05) is 67.4 Å². The minimum atomic E-state index is -3.66. The van der Waals surface area contributed by atoms with Gasteiger partial charge in [-0.2, -0.15) is 0 Å². The second-order valence-corrected chi connectivity index (χ2v) is 12.2. The summed E-state index contributed by atoms with van der Waals surface area (Å²) in [7, 11) is -3.66. The molecule has 2 aromatic carbocycles. The minimum Gasteiger partial charge on any atom is -0.384 e. The molecular formula is C28H37N5O4S. The van der Waals surface area contributed by atoms with Crippen LogP contribution in [0.4, 0.5) is 0 Å². The summed E-state index contributed by atoms with van der Waals surface area (Å²) in [6.07, 6.45) is 4.59. The third-order valence-electron chi connectivity index (χ3n) is 7.66. The Morgan fingerprint density at radius 2 is 1.74 bits per heavy atom. The Kier molecular flexibility index (Phi) is 8.83. The van der Waals surface area contributed by atoms with Crippen LogP contribution in [0.1, 0.15) is 55.7 Å². The van der Waals surface area contributed by atoms with Crippen molar-refractivity contribution in [3.8, 4) is 0 Å². The molecule has 2 aliphatic rings. The Balaban J connectivity index is 1.56. The molecule has 2 amide bonds. The molecule has 0 radical (unpaired) electrons. The number of nitrogens with two attached hydrogens (primary N) is 1. The van der Waals surface area contributed by atoms with E-state index in [4.69, 9.17) is 11.1 Å². The minimum absolute atomic E-state index is 0.0212. The van der Waals surface area contributed by atoms with Crippen LogP contribution in [0, 0.1) is 11.3 Å². The number of rotatable bonds is 10. The van der Waals surface area contributed by atoms with E-state index in [0.29, 0.717) is 12.0 Å². The van der Waals surface area contributed by atoms with Crippen molar-refractivity contribution in [3.63, 3.8) is 0 Å². The average molecular weight is 540 g/mol. The van der Waals surface area contributed by atoms with E-state index in [1.807, 2.05) is 42.5 Å². The highest BCUT2D eigenvalue weighted by molar-refractivity contribution is 7.89. The van der Waals surface area contributed by atoms with Gasteiger partial charge in [-0.15, -0.1) is 0 Å².